The van der Waals surface area contributed by atoms with Crippen LogP contribution in [0.1, 0.15) is 41.8 Å². The highest BCUT2D eigenvalue weighted by molar-refractivity contribution is 5.94. The van der Waals surface area contributed by atoms with E-state index in [1.54, 1.807) is 43.3 Å². The zero-order chi connectivity index (χ0) is 17.6. The van der Waals surface area contributed by atoms with Gasteiger partial charge in [-0.2, -0.15) is 0 Å². The van der Waals surface area contributed by atoms with Crippen LogP contribution in [0.3, 0.4) is 0 Å². The molecular weight excluding hydrogens is 320 g/mol. The number of pyridine rings is 1. The lowest BCUT2D eigenvalue weighted by molar-refractivity contribution is -0.130. The van der Waals surface area contributed by atoms with Gasteiger partial charge in [0.2, 0.25) is 12.0 Å². The summed E-state index contributed by atoms with van der Waals surface area (Å²) in [6.07, 6.45) is 2.44. The lowest BCUT2D eigenvalue weighted by atomic mass is 10.1. The van der Waals surface area contributed by atoms with Crippen LogP contribution < -0.4 is 10.1 Å². The third kappa shape index (κ3) is 4.35. The first-order valence-corrected chi connectivity index (χ1v) is 8.33. The average molecular weight is 340 g/mol. The predicted molar refractivity (Wildman–Crippen MR) is 91.2 cm³/mol. The van der Waals surface area contributed by atoms with Crippen LogP contribution in [0.2, 0.25) is 0 Å². The van der Waals surface area contributed by atoms with Gasteiger partial charge < -0.3 is 14.8 Å². The molecule has 1 aromatic carbocycles. The average Bonchev–Trinajstić information content (AvgIpc) is 3.45. The number of benzene rings is 1. The van der Waals surface area contributed by atoms with Crippen LogP contribution in [0.15, 0.2) is 48.7 Å². The molecule has 25 heavy (non-hydrogen) atoms. The number of nitrogens with zero attached hydrogens (tertiary/aromatic N) is 1. The van der Waals surface area contributed by atoms with E-state index in [1.807, 2.05) is 6.07 Å². The van der Waals surface area contributed by atoms with Crippen molar-refractivity contribution in [1.29, 1.82) is 0 Å². The Bertz CT molecular complexity index is 744. The lowest BCUT2D eigenvalue weighted by Crippen LogP contribution is -2.33. The summed E-state index contributed by atoms with van der Waals surface area (Å²) in [4.78, 5) is 29.2. The molecule has 1 fully saturated rings. The van der Waals surface area contributed by atoms with Crippen molar-refractivity contribution in [2.75, 3.05) is 6.61 Å². The smallest absolute Gasteiger partial charge is 0.344 e. The molecule has 3 rings (SSSR count). The standard InChI is InChI=1S/C19H20N2O4/c1-2-24-18-15(9-6-12-20-18)19(23)25-16(13-7-4-3-5-8-13)17(22)21-14-10-11-14/h3-9,12,14,16H,2,10-11H2,1H3,(H,21,22). The normalized spacial score (nSPS) is 14.4. The molecule has 1 N–H and O–H groups in total. The summed E-state index contributed by atoms with van der Waals surface area (Å²) in [6, 6.07) is 12.3. The molecule has 6 nitrogen and oxygen atoms in total. The number of hydrogen-bond donors (Lipinski definition) is 1. The van der Waals surface area contributed by atoms with E-state index in [0.717, 1.165) is 12.8 Å². The predicted octanol–water partition coefficient (Wildman–Crippen LogP) is 2.66. The molecular formula is C19H20N2O4. The molecule has 0 spiro atoms. The van der Waals surface area contributed by atoms with E-state index >= 15 is 0 Å². The Hall–Kier alpha value is -2.89. The van der Waals surface area contributed by atoms with Crippen molar-refractivity contribution >= 4 is 11.9 Å². The first-order valence-electron chi connectivity index (χ1n) is 8.33. The van der Waals surface area contributed by atoms with Crippen LogP contribution in [-0.4, -0.2) is 29.5 Å². The Labute approximate surface area is 146 Å². The molecule has 1 aromatic heterocycles. The summed E-state index contributed by atoms with van der Waals surface area (Å²) in [7, 11) is 0. The Morgan fingerprint density at radius 1 is 1.20 bits per heavy atom. The first-order chi connectivity index (χ1) is 12.2. The molecule has 1 amide bonds. The summed E-state index contributed by atoms with van der Waals surface area (Å²) in [6.45, 7) is 2.18. The Balaban J connectivity index is 1.82. The van der Waals surface area contributed by atoms with Gasteiger partial charge in [0.1, 0.15) is 5.56 Å². The number of aromatic nitrogens is 1. The molecule has 1 saturated carbocycles. The van der Waals surface area contributed by atoms with E-state index in [4.69, 9.17) is 9.47 Å². The molecule has 1 aliphatic carbocycles. The highest BCUT2D eigenvalue weighted by Gasteiger charge is 2.31. The minimum absolute atomic E-state index is 0.176. The fraction of sp³-hybridized carbons (Fsp3) is 0.316. The number of esters is 1. The van der Waals surface area contributed by atoms with Gasteiger partial charge in [0.25, 0.3) is 5.91 Å². The van der Waals surface area contributed by atoms with Crippen molar-refractivity contribution in [3.8, 4) is 5.88 Å². The van der Waals surface area contributed by atoms with Crippen molar-refractivity contribution in [1.82, 2.24) is 10.3 Å². The van der Waals surface area contributed by atoms with Gasteiger partial charge in [-0.1, -0.05) is 30.3 Å². The monoisotopic (exact) mass is 340 g/mol. The second-order valence-corrected chi connectivity index (χ2v) is 5.77. The second kappa shape index (κ2) is 7.79. The van der Waals surface area contributed by atoms with Crippen LogP contribution in [0.25, 0.3) is 0 Å². The maximum atomic E-state index is 12.6. The second-order valence-electron chi connectivity index (χ2n) is 5.77. The molecule has 0 aliphatic heterocycles. The summed E-state index contributed by atoms with van der Waals surface area (Å²) in [5, 5.41) is 2.89. The van der Waals surface area contributed by atoms with Gasteiger partial charge in [0, 0.05) is 17.8 Å². The number of carbonyl (C=O) groups is 2. The van der Waals surface area contributed by atoms with Crippen molar-refractivity contribution in [3.63, 3.8) is 0 Å². The molecule has 0 saturated heterocycles. The maximum Gasteiger partial charge on any atom is 0.344 e. The molecule has 130 valence electrons. The van der Waals surface area contributed by atoms with Crippen molar-refractivity contribution < 1.29 is 19.1 Å². The van der Waals surface area contributed by atoms with Crippen molar-refractivity contribution in [2.24, 2.45) is 0 Å². The first kappa shape index (κ1) is 17.0. The molecule has 2 aromatic rings. The highest BCUT2D eigenvalue weighted by atomic mass is 16.6. The molecule has 6 heteroatoms. The largest absolute Gasteiger partial charge is 0.477 e. The number of nitrogens with one attached hydrogen (secondary N) is 1. The highest BCUT2D eigenvalue weighted by Crippen LogP contribution is 2.25. The summed E-state index contributed by atoms with van der Waals surface area (Å²) in [5.74, 6) is -0.760. The van der Waals surface area contributed by atoms with Gasteiger partial charge in [-0.25, -0.2) is 9.78 Å². The molecule has 1 atom stereocenters. The van der Waals surface area contributed by atoms with E-state index < -0.39 is 12.1 Å². The number of amides is 1. The third-order valence-corrected chi connectivity index (χ3v) is 3.76. The van der Waals surface area contributed by atoms with Crippen LogP contribution in [0, 0.1) is 0 Å². The van der Waals surface area contributed by atoms with E-state index in [1.165, 1.54) is 6.20 Å². The van der Waals surface area contributed by atoms with E-state index in [-0.39, 0.29) is 23.4 Å². The molecule has 0 radical (unpaired) electrons. The fourth-order valence-corrected chi connectivity index (χ4v) is 2.37. The Kier molecular flexibility index (Phi) is 5.28. The van der Waals surface area contributed by atoms with Gasteiger partial charge in [-0.05, 0) is 31.9 Å². The topological polar surface area (TPSA) is 77.5 Å². The molecule has 1 unspecified atom stereocenters. The summed E-state index contributed by atoms with van der Waals surface area (Å²) < 4.78 is 10.9. The van der Waals surface area contributed by atoms with Gasteiger partial charge in [0.15, 0.2) is 0 Å². The van der Waals surface area contributed by atoms with Crippen LogP contribution >= 0.6 is 0 Å². The maximum absolute atomic E-state index is 12.6. The lowest BCUT2D eigenvalue weighted by Gasteiger charge is -2.18. The van der Waals surface area contributed by atoms with Gasteiger partial charge in [-0.15, -0.1) is 0 Å². The SMILES string of the molecule is CCOc1ncccc1C(=O)OC(C(=O)NC1CC1)c1ccccc1. The summed E-state index contributed by atoms with van der Waals surface area (Å²) >= 11 is 0. The van der Waals surface area contributed by atoms with E-state index in [0.29, 0.717) is 12.2 Å². The van der Waals surface area contributed by atoms with Gasteiger partial charge in [-0.3, -0.25) is 4.79 Å². The third-order valence-electron chi connectivity index (χ3n) is 3.76. The number of ether oxygens (including phenoxy) is 2. The molecule has 1 aliphatic rings. The molecule has 1 heterocycles. The van der Waals surface area contributed by atoms with Crippen LogP contribution in [0.4, 0.5) is 0 Å². The Morgan fingerprint density at radius 2 is 1.96 bits per heavy atom. The van der Waals surface area contributed by atoms with Crippen LogP contribution in [0.5, 0.6) is 5.88 Å². The quantitative estimate of drug-likeness (QED) is 0.784. The van der Waals surface area contributed by atoms with Gasteiger partial charge >= 0.3 is 5.97 Å². The molecule has 0 bridgehead atoms. The number of hydrogen-bond acceptors (Lipinski definition) is 5. The van der Waals surface area contributed by atoms with E-state index in [2.05, 4.69) is 10.3 Å². The van der Waals surface area contributed by atoms with Crippen LogP contribution in [-0.2, 0) is 9.53 Å². The minimum Gasteiger partial charge on any atom is -0.477 e. The van der Waals surface area contributed by atoms with E-state index in [9.17, 15) is 9.59 Å². The number of rotatable bonds is 7. The van der Waals surface area contributed by atoms with Crippen molar-refractivity contribution in [2.45, 2.75) is 31.9 Å². The number of carbonyl (C=O) groups excluding carboxylic acids is 2. The fourth-order valence-electron chi connectivity index (χ4n) is 2.37. The zero-order valence-electron chi connectivity index (χ0n) is 14.0. The zero-order valence-corrected chi connectivity index (χ0v) is 14.0. The van der Waals surface area contributed by atoms with Crippen molar-refractivity contribution in [3.05, 3.63) is 59.8 Å². The minimum atomic E-state index is -1.01. The van der Waals surface area contributed by atoms with Gasteiger partial charge in [0.05, 0.1) is 6.61 Å². The summed E-state index contributed by atoms with van der Waals surface area (Å²) in [5.41, 5.74) is 0.820. The Morgan fingerprint density at radius 3 is 2.64 bits per heavy atom.